The Bertz CT molecular complexity index is 1650. The molecule has 0 N–H and O–H groups in total. The van der Waals surface area contributed by atoms with Gasteiger partial charge in [-0.05, 0) is 155 Å². The van der Waals surface area contributed by atoms with E-state index < -0.39 is 27.8 Å². The maximum absolute atomic E-state index is 14.5. The van der Waals surface area contributed by atoms with Gasteiger partial charge >= 0.3 is 17.9 Å². The second kappa shape index (κ2) is 12.2. The first-order valence-electron chi connectivity index (χ1n) is 17.6. The summed E-state index contributed by atoms with van der Waals surface area (Å²) in [6, 6.07) is 18.1. The minimum Gasteiger partial charge on any atom is -0.465 e. The number of fused-ring (bicyclic) bond motifs is 2. The van der Waals surface area contributed by atoms with E-state index in [4.69, 9.17) is 14.2 Å². The van der Waals surface area contributed by atoms with Gasteiger partial charge in [-0.2, -0.15) is 0 Å². The van der Waals surface area contributed by atoms with Crippen molar-refractivity contribution in [1.29, 1.82) is 0 Å². The van der Waals surface area contributed by atoms with E-state index in [-0.39, 0.29) is 30.7 Å². The van der Waals surface area contributed by atoms with Crippen molar-refractivity contribution in [3.8, 4) is 5.75 Å². The third kappa shape index (κ3) is 7.07. The minimum absolute atomic E-state index is 0.170. The topological polar surface area (TPSA) is 78.9 Å². The van der Waals surface area contributed by atoms with Gasteiger partial charge < -0.3 is 14.2 Å². The van der Waals surface area contributed by atoms with Crippen molar-refractivity contribution in [1.82, 2.24) is 0 Å². The van der Waals surface area contributed by atoms with Crippen LogP contribution in [0.15, 0.2) is 54.6 Å². The van der Waals surface area contributed by atoms with E-state index in [9.17, 15) is 14.4 Å². The molecule has 3 aromatic rings. The zero-order chi connectivity index (χ0) is 33.8. The van der Waals surface area contributed by atoms with Crippen LogP contribution in [0.1, 0.15) is 99.8 Å². The molecule has 0 aromatic heterocycles. The quantitative estimate of drug-likeness (QED) is 0.118. The normalized spacial score (nSPS) is 25.1. The smallest absolute Gasteiger partial charge is 0.316 e. The Hall–Kier alpha value is -3.41. The van der Waals surface area contributed by atoms with E-state index in [0.29, 0.717) is 30.1 Å². The molecular formula is C41H52O6. The third-order valence-corrected chi connectivity index (χ3v) is 11.0. The van der Waals surface area contributed by atoms with Crippen LogP contribution in [0.25, 0.3) is 21.5 Å². The number of rotatable bonds is 11. The molecule has 0 amide bonds. The zero-order valence-electron chi connectivity index (χ0n) is 29.3. The number of hydrogen-bond acceptors (Lipinski definition) is 6. The van der Waals surface area contributed by atoms with E-state index >= 15 is 0 Å². The zero-order valence-corrected chi connectivity index (χ0v) is 29.3. The molecule has 7 rings (SSSR count). The summed E-state index contributed by atoms with van der Waals surface area (Å²) in [6.07, 6.45) is 6.85. The molecular weight excluding hydrogens is 588 g/mol. The molecule has 47 heavy (non-hydrogen) atoms. The average molecular weight is 641 g/mol. The van der Waals surface area contributed by atoms with Gasteiger partial charge in [-0.15, -0.1) is 0 Å². The van der Waals surface area contributed by atoms with Crippen LogP contribution in [0.4, 0.5) is 0 Å². The first-order valence-corrected chi connectivity index (χ1v) is 17.6. The first-order chi connectivity index (χ1) is 22.0. The Morgan fingerprint density at radius 2 is 1.21 bits per heavy atom. The molecule has 0 heterocycles. The number of esters is 3. The largest absolute Gasteiger partial charge is 0.465 e. The van der Waals surface area contributed by atoms with Gasteiger partial charge in [-0.25, -0.2) is 0 Å². The van der Waals surface area contributed by atoms with Crippen LogP contribution in [0.3, 0.4) is 0 Å². The van der Waals surface area contributed by atoms with Gasteiger partial charge in [0.25, 0.3) is 0 Å². The maximum atomic E-state index is 14.5. The molecule has 1 atom stereocenters. The molecule has 0 aliphatic heterocycles. The average Bonchev–Trinajstić information content (AvgIpc) is 2.97. The standard InChI is InChI=1S/C41H52O6/c1-26(2)23-45-35(42)38(3,4)24-40(7,37(44)47-41-20-27-14-28(21-41)16-29(15-27)22-41)25-39(5,6)36(43)46-34-13-12-32-17-30-10-8-9-11-31(30)18-33(32)19-34/h8-13,17-19,26-29H,14-16,20-25H2,1-7H3. The Labute approximate surface area is 279 Å². The molecule has 4 bridgehead atoms. The van der Waals surface area contributed by atoms with Crippen LogP contribution in [-0.4, -0.2) is 30.1 Å². The number of carbonyl (C=O) groups is 3. The molecule has 1 unspecified atom stereocenters. The number of carbonyl (C=O) groups excluding carboxylic acids is 3. The first kappa shape index (κ1) is 33.5. The molecule has 0 saturated heterocycles. The molecule has 0 spiro atoms. The lowest BCUT2D eigenvalue weighted by molar-refractivity contribution is -0.200. The molecule has 3 aromatic carbocycles. The summed E-state index contributed by atoms with van der Waals surface area (Å²) in [5, 5.41) is 4.32. The fourth-order valence-electron chi connectivity index (χ4n) is 9.44. The second-order valence-corrected chi connectivity index (χ2v) is 17.3. The molecule has 0 radical (unpaired) electrons. The molecule has 6 heteroatoms. The van der Waals surface area contributed by atoms with E-state index in [1.54, 1.807) is 0 Å². The lowest BCUT2D eigenvalue weighted by Crippen LogP contribution is -2.55. The van der Waals surface area contributed by atoms with Gasteiger partial charge in [-0.3, -0.25) is 14.4 Å². The second-order valence-electron chi connectivity index (χ2n) is 17.3. The van der Waals surface area contributed by atoms with Crippen LogP contribution in [0.2, 0.25) is 0 Å². The third-order valence-electron chi connectivity index (χ3n) is 11.0. The van der Waals surface area contributed by atoms with Gasteiger partial charge in [-0.1, -0.05) is 44.2 Å². The van der Waals surface area contributed by atoms with Crippen LogP contribution in [0, 0.1) is 39.9 Å². The van der Waals surface area contributed by atoms with Crippen LogP contribution in [-0.2, 0) is 23.9 Å². The van der Waals surface area contributed by atoms with E-state index in [1.807, 2.05) is 78.8 Å². The predicted molar refractivity (Wildman–Crippen MR) is 185 cm³/mol. The molecule has 4 saturated carbocycles. The highest BCUT2D eigenvalue weighted by atomic mass is 16.6. The summed E-state index contributed by atoms with van der Waals surface area (Å²) in [7, 11) is 0. The molecule has 252 valence electrons. The van der Waals surface area contributed by atoms with Crippen LogP contribution < -0.4 is 4.74 Å². The monoisotopic (exact) mass is 640 g/mol. The van der Waals surface area contributed by atoms with E-state index in [2.05, 4.69) is 24.3 Å². The van der Waals surface area contributed by atoms with Crippen molar-refractivity contribution in [2.24, 2.45) is 39.9 Å². The maximum Gasteiger partial charge on any atom is 0.316 e. The van der Waals surface area contributed by atoms with Crippen molar-refractivity contribution < 1.29 is 28.6 Å². The van der Waals surface area contributed by atoms with Gasteiger partial charge in [0, 0.05) is 0 Å². The Kier molecular flexibility index (Phi) is 8.72. The summed E-state index contributed by atoms with van der Waals surface area (Å²) in [5.41, 5.74) is -3.58. The highest BCUT2D eigenvalue weighted by Gasteiger charge is 2.56. The van der Waals surface area contributed by atoms with E-state index in [0.717, 1.165) is 40.8 Å². The van der Waals surface area contributed by atoms with Gasteiger partial charge in [0.05, 0.1) is 22.9 Å². The summed E-state index contributed by atoms with van der Waals surface area (Å²) in [4.78, 5) is 41.7. The lowest BCUT2D eigenvalue weighted by Gasteiger charge is -2.56. The van der Waals surface area contributed by atoms with E-state index in [1.165, 1.54) is 19.3 Å². The Balaban J connectivity index is 1.24. The number of hydrogen-bond donors (Lipinski definition) is 0. The molecule has 4 aliphatic carbocycles. The number of ether oxygens (including phenoxy) is 3. The summed E-state index contributed by atoms with van der Waals surface area (Å²) < 4.78 is 18.3. The van der Waals surface area contributed by atoms with Crippen LogP contribution >= 0.6 is 0 Å². The van der Waals surface area contributed by atoms with Crippen molar-refractivity contribution in [2.45, 2.75) is 105 Å². The Morgan fingerprint density at radius 3 is 1.77 bits per heavy atom. The highest BCUT2D eigenvalue weighted by Crippen LogP contribution is 2.58. The predicted octanol–water partition coefficient (Wildman–Crippen LogP) is 9.45. The molecule has 4 aliphatic rings. The lowest BCUT2D eigenvalue weighted by atomic mass is 9.54. The van der Waals surface area contributed by atoms with Crippen LogP contribution in [0.5, 0.6) is 5.75 Å². The fraction of sp³-hybridized carbons (Fsp3) is 0.585. The highest BCUT2D eigenvalue weighted by molar-refractivity contribution is 5.99. The fourth-order valence-corrected chi connectivity index (χ4v) is 9.44. The summed E-state index contributed by atoms with van der Waals surface area (Å²) in [6.45, 7) is 13.5. The number of benzene rings is 3. The van der Waals surface area contributed by atoms with Gasteiger partial charge in [0.1, 0.15) is 11.4 Å². The molecule has 4 fully saturated rings. The van der Waals surface area contributed by atoms with Gasteiger partial charge in [0.2, 0.25) is 0 Å². The minimum atomic E-state index is -1.13. The Morgan fingerprint density at radius 1 is 0.702 bits per heavy atom. The summed E-state index contributed by atoms with van der Waals surface area (Å²) >= 11 is 0. The SMILES string of the molecule is CC(C)COC(=O)C(C)(C)CC(C)(CC(C)(C)C(=O)Oc1ccc2cc3ccccc3cc2c1)C(=O)OC12CC3CC(CC(C3)C1)C2. The van der Waals surface area contributed by atoms with Crippen molar-refractivity contribution in [3.63, 3.8) is 0 Å². The van der Waals surface area contributed by atoms with Crippen molar-refractivity contribution >= 4 is 39.5 Å². The summed E-state index contributed by atoms with van der Waals surface area (Å²) in [5.74, 6) is 1.43. The van der Waals surface area contributed by atoms with Gasteiger partial charge in [0.15, 0.2) is 0 Å². The molecule has 6 nitrogen and oxygen atoms in total. The van der Waals surface area contributed by atoms with Crippen molar-refractivity contribution in [3.05, 3.63) is 54.6 Å². The van der Waals surface area contributed by atoms with Crippen molar-refractivity contribution in [2.75, 3.05) is 6.61 Å².